The Bertz CT molecular complexity index is 758. The Labute approximate surface area is 152 Å². The van der Waals surface area contributed by atoms with E-state index in [4.69, 9.17) is 0 Å². The lowest BCUT2D eigenvalue weighted by Crippen LogP contribution is -2.14. The first kappa shape index (κ1) is 17.2. The third kappa shape index (κ3) is 3.72. The molecule has 0 aromatic heterocycles. The molecule has 0 saturated heterocycles. The molecule has 1 aliphatic rings. The lowest BCUT2D eigenvalue weighted by atomic mass is 9.86. The molecule has 0 aliphatic heterocycles. The molecule has 3 heteroatoms. The summed E-state index contributed by atoms with van der Waals surface area (Å²) in [6.07, 6.45) is 0.941. The molecule has 24 heavy (non-hydrogen) atoms. The van der Waals surface area contributed by atoms with E-state index < -0.39 is 0 Å². The smallest absolute Gasteiger partial charge is 0.228 e. The van der Waals surface area contributed by atoms with Crippen molar-refractivity contribution in [3.8, 4) is 0 Å². The molecule has 0 spiro atoms. The molecule has 0 radical (unpaired) electrons. The highest BCUT2D eigenvalue weighted by molar-refractivity contribution is 9.10. The molecular formula is C21H24BrNO. The van der Waals surface area contributed by atoms with Crippen LogP contribution in [0.2, 0.25) is 0 Å². The van der Waals surface area contributed by atoms with Gasteiger partial charge in [0.1, 0.15) is 0 Å². The summed E-state index contributed by atoms with van der Waals surface area (Å²) >= 11 is 3.48. The number of rotatable bonds is 3. The zero-order valence-corrected chi connectivity index (χ0v) is 16.3. The number of amides is 1. The van der Waals surface area contributed by atoms with Crippen LogP contribution in [-0.4, -0.2) is 5.91 Å². The van der Waals surface area contributed by atoms with E-state index in [9.17, 15) is 4.79 Å². The zero-order valence-electron chi connectivity index (χ0n) is 14.7. The van der Waals surface area contributed by atoms with Gasteiger partial charge < -0.3 is 5.32 Å². The maximum Gasteiger partial charge on any atom is 0.228 e. The van der Waals surface area contributed by atoms with Crippen molar-refractivity contribution < 1.29 is 4.79 Å². The number of carbonyl (C=O) groups is 1. The van der Waals surface area contributed by atoms with Gasteiger partial charge in [0.2, 0.25) is 5.91 Å². The van der Waals surface area contributed by atoms with Crippen LogP contribution < -0.4 is 5.32 Å². The van der Waals surface area contributed by atoms with Crippen LogP contribution in [0.15, 0.2) is 46.9 Å². The molecule has 2 atom stereocenters. The molecule has 2 nitrogen and oxygen atoms in total. The SMILES string of the molecule is Cc1cc(NC(=O)[C@@H]2C[C@@H]2c2ccc(C(C)(C)C)cc2)ccc1Br. The highest BCUT2D eigenvalue weighted by Crippen LogP contribution is 2.48. The van der Waals surface area contributed by atoms with Gasteiger partial charge in [-0.25, -0.2) is 0 Å². The molecule has 1 saturated carbocycles. The first-order chi connectivity index (χ1) is 11.3. The minimum Gasteiger partial charge on any atom is -0.326 e. The van der Waals surface area contributed by atoms with Gasteiger partial charge >= 0.3 is 0 Å². The maximum atomic E-state index is 12.5. The number of benzene rings is 2. The summed E-state index contributed by atoms with van der Waals surface area (Å²) in [7, 11) is 0. The standard InChI is InChI=1S/C21H24BrNO/c1-13-11-16(9-10-19(13)22)23-20(24)18-12-17(18)14-5-7-15(8-6-14)21(2,3)4/h5-11,17-18H,12H2,1-4H3,(H,23,24)/t17-,18-/m1/s1. The number of carbonyl (C=O) groups excluding carboxylic acids is 1. The number of nitrogens with one attached hydrogen (secondary N) is 1. The highest BCUT2D eigenvalue weighted by Gasteiger charge is 2.43. The number of aryl methyl sites for hydroxylation is 1. The van der Waals surface area contributed by atoms with Crippen LogP contribution in [-0.2, 0) is 10.2 Å². The third-order valence-electron chi connectivity index (χ3n) is 4.76. The zero-order chi connectivity index (χ0) is 17.5. The normalized spacial score (nSPS) is 19.9. The molecule has 126 valence electrons. The van der Waals surface area contributed by atoms with Crippen LogP contribution in [0.5, 0.6) is 0 Å². The molecule has 2 aromatic rings. The van der Waals surface area contributed by atoms with Crippen LogP contribution in [0.4, 0.5) is 5.69 Å². The van der Waals surface area contributed by atoms with Crippen molar-refractivity contribution in [2.75, 3.05) is 5.32 Å². The summed E-state index contributed by atoms with van der Waals surface area (Å²) < 4.78 is 1.06. The second kappa shape index (κ2) is 6.36. The Morgan fingerprint density at radius 3 is 2.38 bits per heavy atom. The molecule has 2 aromatic carbocycles. The Morgan fingerprint density at radius 2 is 1.79 bits per heavy atom. The number of hydrogen-bond donors (Lipinski definition) is 1. The molecule has 1 amide bonds. The highest BCUT2D eigenvalue weighted by atomic mass is 79.9. The quantitative estimate of drug-likeness (QED) is 0.710. The first-order valence-electron chi connectivity index (χ1n) is 8.43. The van der Waals surface area contributed by atoms with Crippen molar-refractivity contribution in [1.82, 2.24) is 0 Å². The first-order valence-corrected chi connectivity index (χ1v) is 9.22. The van der Waals surface area contributed by atoms with Crippen molar-refractivity contribution in [2.24, 2.45) is 5.92 Å². The fraction of sp³-hybridized carbons (Fsp3) is 0.381. The van der Waals surface area contributed by atoms with Gasteiger partial charge in [-0.1, -0.05) is 61.0 Å². The van der Waals surface area contributed by atoms with E-state index in [2.05, 4.69) is 66.3 Å². The van der Waals surface area contributed by atoms with Gasteiger partial charge in [-0.3, -0.25) is 4.79 Å². The van der Waals surface area contributed by atoms with E-state index in [1.165, 1.54) is 11.1 Å². The van der Waals surface area contributed by atoms with Crippen LogP contribution in [0.1, 0.15) is 49.8 Å². The minimum atomic E-state index is 0.0921. The van der Waals surface area contributed by atoms with Gasteiger partial charge in [0, 0.05) is 16.1 Å². The van der Waals surface area contributed by atoms with Gasteiger partial charge in [0.05, 0.1) is 0 Å². The average molecular weight is 386 g/mol. The van der Waals surface area contributed by atoms with E-state index >= 15 is 0 Å². The molecule has 1 fully saturated rings. The summed E-state index contributed by atoms with van der Waals surface area (Å²) in [4.78, 5) is 12.5. The largest absolute Gasteiger partial charge is 0.326 e. The summed E-state index contributed by atoms with van der Waals surface area (Å²) in [5, 5.41) is 3.05. The van der Waals surface area contributed by atoms with E-state index in [0.717, 1.165) is 22.1 Å². The molecule has 0 heterocycles. The predicted molar refractivity (Wildman–Crippen MR) is 103 cm³/mol. The fourth-order valence-electron chi connectivity index (χ4n) is 3.04. The Hall–Kier alpha value is -1.61. The average Bonchev–Trinajstić information content (AvgIpc) is 3.31. The lowest BCUT2D eigenvalue weighted by molar-refractivity contribution is -0.117. The molecule has 0 unspecified atom stereocenters. The van der Waals surface area contributed by atoms with Gasteiger partial charge in [0.25, 0.3) is 0 Å². The minimum absolute atomic E-state index is 0.0921. The second-order valence-corrected chi connectivity index (χ2v) is 8.63. The van der Waals surface area contributed by atoms with E-state index in [1.807, 2.05) is 25.1 Å². The molecular weight excluding hydrogens is 362 g/mol. The Balaban J connectivity index is 1.64. The Morgan fingerprint density at radius 1 is 1.12 bits per heavy atom. The van der Waals surface area contributed by atoms with Crippen molar-refractivity contribution in [3.05, 3.63) is 63.6 Å². The lowest BCUT2D eigenvalue weighted by Gasteiger charge is -2.19. The van der Waals surface area contributed by atoms with E-state index in [-0.39, 0.29) is 17.2 Å². The molecule has 1 aliphatic carbocycles. The van der Waals surface area contributed by atoms with E-state index in [1.54, 1.807) is 0 Å². The van der Waals surface area contributed by atoms with Crippen LogP contribution in [0.3, 0.4) is 0 Å². The van der Waals surface area contributed by atoms with Crippen LogP contribution in [0, 0.1) is 12.8 Å². The Kier molecular flexibility index (Phi) is 4.56. The van der Waals surface area contributed by atoms with Crippen molar-refractivity contribution in [1.29, 1.82) is 0 Å². The molecule has 0 bridgehead atoms. The van der Waals surface area contributed by atoms with Crippen LogP contribution in [0.25, 0.3) is 0 Å². The van der Waals surface area contributed by atoms with Crippen LogP contribution >= 0.6 is 15.9 Å². The summed E-state index contributed by atoms with van der Waals surface area (Å²) in [6, 6.07) is 14.7. The van der Waals surface area contributed by atoms with Gasteiger partial charge in [-0.15, -0.1) is 0 Å². The van der Waals surface area contributed by atoms with Crippen molar-refractivity contribution in [2.45, 2.75) is 45.4 Å². The number of halogens is 1. The predicted octanol–water partition coefficient (Wildman–Crippen LogP) is 5.80. The number of hydrogen-bond acceptors (Lipinski definition) is 1. The topological polar surface area (TPSA) is 29.1 Å². The summed E-state index contributed by atoms with van der Waals surface area (Å²) in [6.45, 7) is 8.68. The fourth-order valence-corrected chi connectivity index (χ4v) is 3.29. The van der Waals surface area contributed by atoms with Gasteiger partial charge in [0.15, 0.2) is 0 Å². The van der Waals surface area contributed by atoms with Gasteiger partial charge in [-0.2, -0.15) is 0 Å². The summed E-state index contributed by atoms with van der Waals surface area (Å²) in [5.74, 6) is 0.576. The van der Waals surface area contributed by atoms with Gasteiger partial charge in [-0.05, 0) is 59.6 Å². The monoisotopic (exact) mass is 385 g/mol. The third-order valence-corrected chi connectivity index (χ3v) is 5.65. The van der Waals surface area contributed by atoms with Crippen molar-refractivity contribution in [3.63, 3.8) is 0 Å². The van der Waals surface area contributed by atoms with E-state index in [0.29, 0.717) is 5.92 Å². The number of anilines is 1. The maximum absolute atomic E-state index is 12.5. The second-order valence-electron chi connectivity index (χ2n) is 7.77. The molecule has 1 N–H and O–H groups in total. The summed E-state index contributed by atoms with van der Waals surface area (Å²) in [5.41, 5.74) is 4.76. The molecule has 3 rings (SSSR count). The van der Waals surface area contributed by atoms with Crippen molar-refractivity contribution >= 4 is 27.5 Å².